The highest BCUT2D eigenvalue weighted by Gasteiger charge is 2.23. The third-order valence-corrected chi connectivity index (χ3v) is 1.49. The molecule has 1 saturated heterocycles. The molecule has 0 amide bonds. The second-order valence-corrected chi connectivity index (χ2v) is 2.56. The van der Waals surface area contributed by atoms with Gasteiger partial charge in [-0.3, -0.25) is 4.79 Å². The summed E-state index contributed by atoms with van der Waals surface area (Å²) in [5.41, 5.74) is 0. The van der Waals surface area contributed by atoms with E-state index in [1.807, 2.05) is 6.92 Å². The minimum atomic E-state index is -0.285. The Balaban J connectivity index is 2.24. The van der Waals surface area contributed by atoms with Gasteiger partial charge in [-0.25, -0.2) is 0 Å². The quantitative estimate of drug-likeness (QED) is 0.516. The van der Waals surface area contributed by atoms with Crippen LogP contribution in [-0.2, 0) is 14.3 Å². The van der Waals surface area contributed by atoms with Crippen LogP contribution in [-0.4, -0.2) is 18.4 Å². The molecule has 0 bridgehead atoms. The molecule has 10 heavy (non-hydrogen) atoms. The standard InChI is InChI=1S/C7H12O3/c1-5-3-4-7(9-5)10-6(2)8/h5,7H,3-4H2,1-2H3/t5?,7-/m0/s1. The van der Waals surface area contributed by atoms with Gasteiger partial charge in [0.2, 0.25) is 6.29 Å². The largest absolute Gasteiger partial charge is 0.436 e. The second kappa shape index (κ2) is 3.01. The molecule has 0 N–H and O–H groups in total. The van der Waals surface area contributed by atoms with Crippen molar-refractivity contribution in [1.82, 2.24) is 0 Å². The Hall–Kier alpha value is -0.570. The Kier molecular flexibility index (Phi) is 2.27. The number of hydrogen-bond donors (Lipinski definition) is 0. The molecule has 0 radical (unpaired) electrons. The molecule has 3 nitrogen and oxygen atoms in total. The summed E-state index contributed by atoms with van der Waals surface area (Å²) in [6.45, 7) is 3.37. The van der Waals surface area contributed by atoms with E-state index in [1.54, 1.807) is 0 Å². The lowest BCUT2D eigenvalue weighted by atomic mass is 10.3. The van der Waals surface area contributed by atoms with Crippen molar-refractivity contribution in [2.24, 2.45) is 0 Å². The maximum absolute atomic E-state index is 10.4. The first-order valence-corrected chi connectivity index (χ1v) is 3.51. The summed E-state index contributed by atoms with van der Waals surface area (Å²) in [6.07, 6.45) is 1.77. The molecular formula is C7H12O3. The van der Waals surface area contributed by atoms with E-state index in [2.05, 4.69) is 0 Å². The van der Waals surface area contributed by atoms with Crippen LogP contribution in [0.2, 0.25) is 0 Å². The highest BCUT2D eigenvalue weighted by Crippen LogP contribution is 2.19. The topological polar surface area (TPSA) is 35.5 Å². The van der Waals surface area contributed by atoms with Crippen LogP contribution in [0.15, 0.2) is 0 Å². The lowest BCUT2D eigenvalue weighted by molar-refractivity contribution is -0.171. The van der Waals surface area contributed by atoms with Crippen LogP contribution >= 0.6 is 0 Å². The summed E-state index contributed by atoms with van der Waals surface area (Å²) in [5, 5.41) is 0. The van der Waals surface area contributed by atoms with Crippen LogP contribution in [0.5, 0.6) is 0 Å². The fourth-order valence-corrected chi connectivity index (χ4v) is 1.04. The van der Waals surface area contributed by atoms with Crippen molar-refractivity contribution in [1.29, 1.82) is 0 Å². The first-order valence-electron chi connectivity index (χ1n) is 3.51. The monoisotopic (exact) mass is 144 g/mol. The molecule has 1 aliphatic heterocycles. The van der Waals surface area contributed by atoms with Gasteiger partial charge in [-0.1, -0.05) is 0 Å². The average Bonchev–Trinajstić information content (AvgIpc) is 2.13. The Bertz CT molecular complexity index is 133. The Morgan fingerprint density at radius 1 is 1.60 bits per heavy atom. The predicted octanol–water partition coefficient (Wildman–Crippen LogP) is 1.07. The maximum Gasteiger partial charge on any atom is 0.304 e. The van der Waals surface area contributed by atoms with E-state index in [0.717, 1.165) is 12.8 Å². The van der Waals surface area contributed by atoms with Crippen LogP contribution in [0, 0.1) is 0 Å². The minimum absolute atomic E-state index is 0.240. The number of esters is 1. The van der Waals surface area contributed by atoms with Crippen molar-refractivity contribution in [2.45, 2.75) is 39.1 Å². The van der Waals surface area contributed by atoms with Gasteiger partial charge in [0.1, 0.15) is 0 Å². The van der Waals surface area contributed by atoms with Gasteiger partial charge >= 0.3 is 5.97 Å². The molecule has 58 valence electrons. The molecule has 0 aromatic heterocycles. The van der Waals surface area contributed by atoms with E-state index in [9.17, 15) is 4.79 Å². The normalized spacial score (nSPS) is 32.2. The first-order chi connectivity index (χ1) is 4.68. The molecule has 0 aromatic carbocycles. The van der Waals surface area contributed by atoms with E-state index in [0.29, 0.717) is 0 Å². The number of ether oxygens (including phenoxy) is 2. The molecule has 0 aromatic rings. The van der Waals surface area contributed by atoms with Crippen molar-refractivity contribution in [3.05, 3.63) is 0 Å². The molecule has 3 heteroatoms. The van der Waals surface area contributed by atoms with Crippen LogP contribution in [0.25, 0.3) is 0 Å². The van der Waals surface area contributed by atoms with Gasteiger partial charge in [-0.2, -0.15) is 0 Å². The molecule has 1 aliphatic rings. The molecule has 0 spiro atoms. The van der Waals surface area contributed by atoms with Crippen molar-refractivity contribution in [3.63, 3.8) is 0 Å². The fraction of sp³-hybridized carbons (Fsp3) is 0.857. The SMILES string of the molecule is CC(=O)O[C@H]1CCC(C)O1. The summed E-state index contributed by atoms with van der Waals surface area (Å²) < 4.78 is 10.0. The van der Waals surface area contributed by atoms with Gasteiger partial charge in [0.05, 0.1) is 6.10 Å². The van der Waals surface area contributed by atoms with Gasteiger partial charge in [-0.05, 0) is 13.3 Å². The number of carbonyl (C=O) groups is 1. The Morgan fingerprint density at radius 3 is 2.70 bits per heavy atom. The van der Waals surface area contributed by atoms with Crippen LogP contribution in [0.1, 0.15) is 26.7 Å². The lowest BCUT2D eigenvalue weighted by Crippen LogP contribution is -2.15. The molecule has 2 atom stereocenters. The molecule has 1 unspecified atom stereocenters. The summed E-state index contributed by atoms with van der Waals surface area (Å²) in [5.74, 6) is -0.265. The molecule has 0 saturated carbocycles. The number of rotatable bonds is 1. The summed E-state index contributed by atoms with van der Waals surface area (Å²) >= 11 is 0. The molecule has 1 rings (SSSR count). The summed E-state index contributed by atoms with van der Waals surface area (Å²) in [7, 11) is 0. The van der Waals surface area contributed by atoms with E-state index in [-0.39, 0.29) is 18.4 Å². The zero-order valence-corrected chi connectivity index (χ0v) is 6.29. The van der Waals surface area contributed by atoms with Crippen molar-refractivity contribution in [2.75, 3.05) is 0 Å². The smallest absolute Gasteiger partial charge is 0.304 e. The Morgan fingerprint density at radius 2 is 2.30 bits per heavy atom. The zero-order valence-electron chi connectivity index (χ0n) is 6.29. The van der Waals surface area contributed by atoms with Gasteiger partial charge in [0.25, 0.3) is 0 Å². The first kappa shape index (κ1) is 7.54. The van der Waals surface area contributed by atoms with Gasteiger partial charge in [-0.15, -0.1) is 0 Å². The molecular weight excluding hydrogens is 132 g/mol. The number of hydrogen-bond acceptors (Lipinski definition) is 3. The van der Waals surface area contributed by atoms with E-state index >= 15 is 0 Å². The zero-order chi connectivity index (χ0) is 7.56. The van der Waals surface area contributed by atoms with Gasteiger partial charge in [0, 0.05) is 13.3 Å². The third kappa shape index (κ3) is 1.99. The van der Waals surface area contributed by atoms with Gasteiger partial charge < -0.3 is 9.47 Å². The van der Waals surface area contributed by atoms with Crippen molar-refractivity contribution < 1.29 is 14.3 Å². The number of carbonyl (C=O) groups excluding carboxylic acids is 1. The van der Waals surface area contributed by atoms with E-state index in [1.165, 1.54) is 6.92 Å². The summed E-state index contributed by atoms with van der Waals surface area (Å²) in [4.78, 5) is 10.4. The van der Waals surface area contributed by atoms with Crippen LogP contribution < -0.4 is 0 Å². The molecule has 1 heterocycles. The molecule has 1 fully saturated rings. The van der Waals surface area contributed by atoms with Gasteiger partial charge in [0.15, 0.2) is 0 Å². The van der Waals surface area contributed by atoms with E-state index in [4.69, 9.17) is 9.47 Å². The highest BCUT2D eigenvalue weighted by atomic mass is 16.7. The van der Waals surface area contributed by atoms with Crippen molar-refractivity contribution in [3.8, 4) is 0 Å². The van der Waals surface area contributed by atoms with Crippen molar-refractivity contribution >= 4 is 5.97 Å². The van der Waals surface area contributed by atoms with Crippen LogP contribution in [0.4, 0.5) is 0 Å². The lowest BCUT2D eigenvalue weighted by Gasteiger charge is -2.09. The predicted molar refractivity (Wildman–Crippen MR) is 35.3 cm³/mol. The Labute approximate surface area is 60.3 Å². The molecule has 0 aliphatic carbocycles. The average molecular weight is 144 g/mol. The van der Waals surface area contributed by atoms with Crippen LogP contribution in [0.3, 0.4) is 0 Å². The maximum atomic E-state index is 10.4. The fourth-order valence-electron chi connectivity index (χ4n) is 1.04. The summed E-state index contributed by atoms with van der Waals surface area (Å²) in [6, 6.07) is 0. The third-order valence-electron chi connectivity index (χ3n) is 1.49. The van der Waals surface area contributed by atoms with E-state index < -0.39 is 0 Å². The second-order valence-electron chi connectivity index (χ2n) is 2.56. The minimum Gasteiger partial charge on any atom is -0.436 e. The highest BCUT2D eigenvalue weighted by molar-refractivity contribution is 5.66.